The molecule has 0 unspecified atom stereocenters. The van der Waals surface area contributed by atoms with Crippen molar-refractivity contribution in [2.24, 2.45) is 12.1 Å². The maximum absolute atomic E-state index is 11.6. The normalized spacial score (nSPS) is 11.0. The third-order valence-corrected chi connectivity index (χ3v) is 4.56. The molecule has 8 heteroatoms. The Hall–Kier alpha value is -2.58. The third kappa shape index (κ3) is 9.38. The van der Waals surface area contributed by atoms with Crippen LogP contribution >= 0.6 is 0 Å². The van der Waals surface area contributed by atoms with Crippen LogP contribution in [0, 0.1) is 6.92 Å². The summed E-state index contributed by atoms with van der Waals surface area (Å²) in [6, 6.07) is 9.38. The Morgan fingerprint density at radius 1 is 1.21 bits per heavy atom. The first-order chi connectivity index (χ1) is 13.2. The van der Waals surface area contributed by atoms with E-state index in [4.69, 9.17) is 0 Å². The molecular formula is C20H27N3O4S. The molecule has 0 fully saturated rings. The summed E-state index contributed by atoms with van der Waals surface area (Å²) in [4.78, 5) is 11.5. The second-order valence-corrected chi connectivity index (χ2v) is 7.65. The van der Waals surface area contributed by atoms with E-state index in [2.05, 4.69) is 17.5 Å². The molecule has 0 radical (unpaired) electrons. The largest absolute Gasteiger partial charge is 0.744 e. The molecule has 28 heavy (non-hydrogen) atoms. The number of hydrogen-bond donors (Lipinski definition) is 1. The molecule has 1 aromatic carbocycles. The minimum absolute atomic E-state index is 0.173. The summed E-state index contributed by atoms with van der Waals surface area (Å²) in [6.07, 6.45) is 9.84. The lowest BCUT2D eigenvalue weighted by molar-refractivity contribution is -0.671. The van der Waals surface area contributed by atoms with E-state index < -0.39 is 10.1 Å². The number of hydrazone groups is 1. The molecule has 0 saturated heterocycles. The van der Waals surface area contributed by atoms with Crippen molar-refractivity contribution in [3.63, 3.8) is 0 Å². The lowest BCUT2D eigenvalue weighted by atomic mass is 10.2. The molecule has 7 nitrogen and oxygen atoms in total. The van der Waals surface area contributed by atoms with Gasteiger partial charge in [0.1, 0.15) is 22.7 Å². The molecule has 1 heterocycles. The van der Waals surface area contributed by atoms with Crippen LogP contribution in [0.25, 0.3) is 0 Å². The zero-order chi connectivity index (χ0) is 21.0. The maximum Gasteiger partial charge on any atom is 0.277 e. The first kappa shape index (κ1) is 23.5. The fourth-order valence-electron chi connectivity index (χ4n) is 2.15. The van der Waals surface area contributed by atoms with Crippen molar-refractivity contribution in [3.8, 4) is 0 Å². The van der Waals surface area contributed by atoms with Crippen molar-refractivity contribution < 1.29 is 22.3 Å². The van der Waals surface area contributed by atoms with Gasteiger partial charge in [0.05, 0.1) is 4.90 Å². The summed E-state index contributed by atoms with van der Waals surface area (Å²) in [6.45, 7) is 3.98. The van der Waals surface area contributed by atoms with Crippen LogP contribution in [0.3, 0.4) is 0 Å². The van der Waals surface area contributed by atoms with Gasteiger partial charge >= 0.3 is 0 Å². The highest BCUT2D eigenvalue weighted by Crippen LogP contribution is 2.08. The van der Waals surface area contributed by atoms with Crippen LogP contribution in [-0.4, -0.2) is 25.1 Å². The van der Waals surface area contributed by atoms with Crippen LogP contribution < -0.4 is 9.99 Å². The minimum atomic E-state index is -4.27. The van der Waals surface area contributed by atoms with Crippen molar-refractivity contribution in [2.45, 2.75) is 44.4 Å². The Bertz CT molecular complexity index is 879. The summed E-state index contributed by atoms with van der Waals surface area (Å²) in [5.74, 6) is -0.173. The van der Waals surface area contributed by atoms with Gasteiger partial charge < -0.3 is 4.55 Å². The molecule has 0 bridgehead atoms. The molecule has 0 aliphatic carbocycles. The van der Waals surface area contributed by atoms with Gasteiger partial charge in [0.25, 0.3) is 5.91 Å². The molecule has 0 spiro atoms. The minimum Gasteiger partial charge on any atom is -0.744 e. The van der Waals surface area contributed by atoms with E-state index in [1.165, 1.54) is 25.0 Å². The number of unbranched alkanes of at least 4 members (excludes halogenated alkanes) is 3. The monoisotopic (exact) mass is 405 g/mol. The van der Waals surface area contributed by atoms with Crippen LogP contribution in [-0.2, 0) is 17.2 Å². The van der Waals surface area contributed by atoms with Crippen molar-refractivity contribution in [2.75, 3.05) is 0 Å². The van der Waals surface area contributed by atoms with E-state index in [0.717, 1.165) is 18.4 Å². The number of aryl methyl sites for hydroxylation is 2. The molecule has 1 N–H and O–H groups in total. The average molecular weight is 406 g/mol. The molecule has 1 amide bonds. The van der Waals surface area contributed by atoms with E-state index in [9.17, 15) is 17.8 Å². The molecule has 2 rings (SSSR count). The number of nitrogens with one attached hydrogen (secondary N) is 1. The first-order valence-corrected chi connectivity index (χ1v) is 10.4. The van der Waals surface area contributed by atoms with Gasteiger partial charge in [0.2, 0.25) is 0 Å². The first-order valence-electron chi connectivity index (χ1n) is 9.03. The third-order valence-electron chi connectivity index (χ3n) is 3.71. The Morgan fingerprint density at radius 3 is 2.46 bits per heavy atom. The quantitative estimate of drug-likeness (QED) is 0.251. The fraction of sp³-hybridized carbons (Fsp3) is 0.350. The second kappa shape index (κ2) is 12.0. The van der Waals surface area contributed by atoms with Crippen LogP contribution in [0.4, 0.5) is 0 Å². The van der Waals surface area contributed by atoms with Crippen LogP contribution in [0.2, 0.25) is 0 Å². The molecule has 2 aromatic rings. The Labute approximate surface area is 166 Å². The lowest BCUT2D eigenvalue weighted by Crippen LogP contribution is -2.29. The molecule has 1 aromatic heterocycles. The fourth-order valence-corrected chi connectivity index (χ4v) is 2.62. The van der Waals surface area contributed by atoms with Gasteiger partial charge in [-0.1, -0.05) is 37.5 Å². The van der Waals surface area contributed by atoms with Crippen molar-refractivity contribution in [1.82, 2.24) is 5.43 Å². The smallest absolute Gasteiger partial charge is 0.277 e. The van der Waals surface area contributed by atoms with Crippen molar-refractivity contribution >= 4 is 22.2 Å². The van der Waals surface area contributed by atoms with E-state index in [0.29, 0.717) is 5.56 Å². The summed E-state index contributed by atoms with van der Waals surface area (Å²) in [5, 5.41) is 3.92. The summed E-state index contributed by atoms with van der Waals surface area (Å²) >= 11 is 0. The average Bonchev–Trinajstić information content (AvgIpc) is 2.64. The summed E-state index contributed by atoms with van der Waals surface area (Å²) in [7, 11) is -2.39. The van der Waals surface area contributed by atoms with E-state index >= 15 is 0 Å². The number of pyridine rings is 1. The predicted octanol–water partition coefficient (Wildman–Crippen LogP) is 2.71. The van der Waals surface area contributed by atoms with E-state index in [1.54, 1.807) is 30.6 Å². The summed E-state index contributed by atoms with van der Waals surface area (Å²) in [5.41, 5.74) is 4.06. The number of rotatable bonds is 7. The Balaban J connectivity index is 0.000000307. The topological polar surface area (TPSA) is 103 Å². The van der Waals surface area contributed by atoms with Gasteiger partial charge in [-0.2, -0.15) is 5.10 Å². The molecule has 0 aliphatic heterocycles. The summed E-state index contributed by atoms with van der Waals surface area (Å²) < 4.78 is 33.0. The van der Waals surface area contributed by atoms with Gasteiger partial charge in [-0.05, 0) is 38.0 Å². The van der Waals surface area contributed by atoms with E-state index in [1.807, 2.05) is 30.8 Å². The van der Waals surface area contributed by atoms with E-state index in [-0.39, 0.29) is 10.8 Å². The standard InChI is InChI=1S/C13H19N3O.C7H8O3S/c1-3-4-5-6-9-14-15-13(17)12-8-7-10-16(2)11-12;1-6-2-4-7(5-3-6)11(8,9)10/h7-11H,3-6H2,1-2H3;2-5H,1H3,(H,8,9,10)/b14-9+;. The zero-order valence-corrected chi connectivity index (χ0v) is 17.3. The Morgan fingerprint density at radius 2 is 1.89 bits per heavy atom. The van der Waals surface area contributed by atoms with Gasteiger partial charge in [0.15, 0.2) is 12.4 Å². The van der Waals surface area contributed by atoms with Crippen molar-refractivity contribution in [1.29, 1.82) is 0 Å². The van der Waals surface area contributed by atoms with Crippen molar-refractivity contribution in [3.05, 3.63) is 59.9 Å². The number of aromatic nitrogens is 1. The maximum atomic E-state index is 11.6. The number of hydrogen-bond acceptors (Lipinski definition) is 5. The zero-order valence-electron chi connectivity index (χ0n) is 16.5. The number of nitrogens with zero attached hydrogens (tertiary/aromatic N) is 2. The van der Waals surface area contributed by atoms with Gasteiger partial charge in [-0.15, -0.1) is 0 Å². The Kier molecular flexibility index (Phi) is 10.0. The number of amides is 1. The van der Waals surface area contributed by atoms with Gasteiger partial charge in [0, 0.05) is 12.3 Å². The molecule has 0 aliphatic rings. The molecule has 0 saturated carbocycles. The van der Waals surface area contributed by atoms with Crippen LogP contribution in [0.5, 0.6) is 0 Å². The number of carbonyl (C=O) groups excluding carboxylic acids is 1. The van der Waals surface area contributed by atoms with Crippen LogP contribution in [0.15, 0.2) is 58.8 Å². The predicted molar refractivity (Wildman–Crippen MR) is 107 cm³/mol. The second-order valence-electron chi connectivity index (χ2n) is 6.27. The van der Waals surface area contributed by atoms with Crippen LogP contribution in [0.1, 0.15) is 48.5 Å². The molecule has 0 atom stereocenters. The highest BCUT2D eigenvalue weighted by molar-refractivity contribution is 7.85. The molecule has 152 valence electrons. The number of benzene rings is 1. The molecular weight excluding hydrogens is 378 g/mol. The highest BCUT2D eigenvalue weighted by atomic mass is 32.2. The lowest BCUT2D eigenvalue weighted by Gasteiger charge is -2.05. The highest BCUT2D eigenvalue weighted by Gasteiger charge is 2.07. The SMILES string of the molecule is CCCCC/C=N/NC(=O)c1ccc[n+](C)c1.Cc1ccc(S(=O)(=O)[O-])cc1. The number of carbonyl (C=O) groups is 1. The van der Waals surface area contributed by atoms with Gasteiger partial charge in [-0.25, -0.2) is 18.4 Å². The van der Waals surface area contributed by atoms with Gasteiger partial charge in [-0.3, -0.25) is 4.79 Å².